The summed E-state index contributed by atoms with van der Waals surface area (Å²) in [6, 6.07) is 4.86. The topological polar surface area (TPSA) is 75.7 Å². The molecule has 4 aliphatic carbocycles. The Bertz CT molecular complexity index is 945. The number of halogens is 1. The number of amides is 1. The maximum absolute atomic E-state index is 13.6. The summed E-state index contributed by atoms with van der Waals surface area (Å²) >= 11 is 6.09. The van der Waals surface area contributed by atoms with E-state index >= 15 is 0 Å². The second kappa shape index (κ2) is 8.01. The monoisotopic (exact) mass is 466 g/mol. The van der Waals surface area contributed by atoms with Crippen LogP contribution in [0.25, 0.3) is 0 Å². The Morgan fingerprint density at radius 3 is 2.48 bits per heavy atom. The predicted octanol–water partition coefficient (Wildman–Crippen LogP) is 3.37. The van der Waals surface area contributed by atoms with Crippen LogP contribution in [-0.4, -0.2) is 51.6 Å². The van der Waals surface area contributed by atoms with Crippen molar-refractivity contribution in [3.63, 3.8) is 0 Å². The highest BCUT2D eigenvalue weighted by Crippen LogP contribution is 2.60. The summed E-state index contributed by atoms with van der Waals surface area (Å²) in [4.78, 5) is 15.7. The Morgan fingerprint density at radius 1 is 1.19 bits per heavy atom. The van der Waals surface area contributed by atoms with Crippen molar-refractivity contribution in [3.8, 4) is 0 Å². The quantitative estimate of drug-likeness (QED) is 0.721. The highest BCUT2D eigenvalue weighted by Gasteiger charge is 2.55. The van der Waals surface area contributed by atoms with E-state index in [1.54, 1.807) is 25.1 Å². The lowest BCUT2D eigenvalue weighted by Crippen LogP contribution is -2.58. The molecule has 4 saturated carbocycles. The maximum Gasteiger partial charge on any atom is 0.240 e. The molecule has 31 heavy (non-hydrogen) atoms. The molecule has 0 radical (unpaired) electrons. The molecule has 6 nitrogen and oxygen atoms in total. The number of carbonyl (C=O) groups is 1. The summed E-state index contributed by atoms with van der Waals surface area (Å²) in [7, 11) is -3.71. The molecule has 0 spiro atoms. The summed E-state index contributed by atoms with van der Waals surface area (Å²) < 4.78 is 34.0. The first-order chi connectivity index (χ1) is 14.8. The fraction of sp³-hybridized carbons (Fsp3) is 0.696. The number of nitrogens with zero attached hydrogens (tertiary/aromatic N) is 1. The zero-order valence-corrected chi connectivity index (χ0v) is 19.6. The number of carbonyl (C=O) groups excluding carboxylic acids is 1. The second-order valence-electron chi connectivity index (χ2n) is 10.2. The normalized spacial score (nSPS) is 34.8. The minimum Gasteiger partial charge on any atom is -0.373 e. The van der Waals surface area contributed by atoms with Gasteiger partial charge in [-0.15, -0.1) is 0 Å². The van der Waals surface area contributed by atoms with Crippen LogP contribution in [0.4, 0.5) is 0 Å². The van der Waals surface area contributed by atoms with Crippen molar-refractivity contribution in [2.24, 2.45) is 23.2 Å². The fourth-order valence-electron chi connectivity index (χ4n) is 6.89. The average Bonchev–Trinajstić information content (AvgIpc) is 2.73. The van der Waals surface area contributed by atoms with Crippen LogP contribution in [0.3, 0.4) is 0 Å². The van der Waals surface area contributed by atoms with Gasteiger partial charge in [-0.1, -0.05) is 17.7 Å². The number of hydrogen-bond donors (Lipinski definition) is 1. The van der Waals surface area contributed by atoms with E-state index in [0.717, 1.165) is 37.0 Å². The fourth-order valence-corrected chi connectivity index (χ4v) is 8.46. The number of ether oxygens (including phenoxy) is 1. The van der Waals surface area contributed by atoms with Gasteiger partial charge < -0.3 is 9.64 Å². The molecule has 1 heterocycles. The van der Waals surface area contributed by atoms with Crippen molar-refractivity contribution < 1.29 is 17.9 Å². The Kier molecular flexibility index (Phi) is 5.60. The summed E-state index contributed by atoms with van der Waals surface area (Å²) in [5, 5.41) is 0.420. The van der Waals surface area contributed by atoms with Gasteiger partial charge in [-0.25, -0.2) is 13.1 Å². The highest BCUT2D eigenvalue weighted by atomic mass is 35.5. The molecule has 0 aromatic heterocycles. The van der Waals surface area contributed by atoms with Gasteiger partial charge in [0.05, 0.1) is 23.0 Å². The van der Waals surface area contributed by atoms with Crippen LogP contribution in [0.5, 0.6) is 0 Å². The van der Waals surface area contributed by atoms with E-state index in [9.17, 15) is 13.2 Å². The highest BCUT2D eigenvalue weighted by molar-refractivity contribution is 7.89. The van der Waals surface area contributed by atoms with E-state index in [-0.39, 0.29) is 28.9 Å². The first-order valence-corrected chi connectivity index (χ1v) is 13.3. The molecule has 1 aliphatic heterocycles. The SMILES string of the molecule is Cc1c(Cl)cccc1S(=O)(=O)NCC1CN(C(=O)C23CC4CC(CC(C4)C2)C3)CCO1. The largest absolute Gasteiger partial charge is 0.373 e. The molecular weight excluding hydrogens is 436 g/mol. The van der Waals surface area contributed by atoms with Crippen LogP contribution >= 0.6 is 11.6 Å². The molecule has 1 N–H and O–H groups in total. The number of sulfonamides is 1. The third kappa shape index (κ3) is 4.03. The first kappa shape index (κ1) is 21.7. The molecule has 6 rings (SSSR count). The Morgan fingerprint density at radius 2 is 1.84 bits per heavy atom. The summed E-state index contributed by atoms with van der Waals surface area (Å²) in [6.45, 7) is 3.31. The van der Waals surface area contributed by atoms with Crippen LogP contribution in [0.1, 0.15) is 44.1 Å². The molecule has 4 bridgehead atoms. The van der Waals surface area contributed by atoms with Gasteiger partial charge in [0.25, 0.3) is 0 Å². The van der Waals surface area contributed by atoms with E-state index in [1.165, 1.54) is 19.3 Å². The van der Waals surface area contributed by atoms with Crippen LogP contribution in [0.2, 0.25) is 5.02 Å². The van der Waals surface area contributed by atoms with Crippen molar-refractivity contribution in [1.82, 2.24) is 9.62 Å². The van der Waals surface area contributed by atoms with E-state index in [2.05, 4.69) is 4.72 Å². The lowest BCUT2D eigenvalue weighted by Gasteiger charge is -2.57. The Hall–Kier alpha value is -1.15. The number of nitrogens with one attached hydrogen (secondary N) is 1. The third-order valence-electron chi connectivity index (χ3n) is 7.93. The molecule has 1 aromatic rings. The van der Waals surface area contributed by atoms with Gasteiger partial charge in [-0.2, -0.15) is 0 Å². The van der Waals surface area contributed by atoms with Crippen molar-refractivity contribution in [3.05, 3.63) is 28.8 Å². The summed E-state index contributed by atoms with van der Waals surface area (Å²) in [5.74, 6) is 2.45. The Balaban J connectivity index is 1.24. The average molecular weight is 467 g/mol. The van der Waals surface area contributed by atoms with Gasteiger partial charge in [0.15, 0.2) is 0 Å². The zero-order chi connectivity index (χ0) is 21.8. The van der Waals surface area contributed by atoms with E-state index in [0.29, 0.717) is 30.3 Å². The number of benzene rings is 1. The van der Waals surface area contributed by atoms with E-state index < -0.39 is 10.0 Å². The maximum atomic E-state index is 13.6. The molecule has 8 heteroatoms. The first-order valence-electron chi connectivity index (χ1n) is 11.4. The molecule has 1 aromatic carbocycles. The van der Waals surface area contributed by atoms with Crippen LogP contribution < -0.4 is 4.72 Å². The molecule has 1 unspecified atom stereocenters. The van der Waals surface area contributed by atoms with Crippen LogP contribution in [0.15, 0.2) is 23.1 Å². The Labute approximate surface area is 189 Å². The minimum atomic E-state index is -3.71. The molecule has 1 saturated heterocycles. The lowest BCUT2D eigenvalue weighted by atomic mass is 9.49. The third-order valence-corrected chi connectivity index (χ3v) is 9.90. The molecule has 170 valence electrons. The van der Waals surface area contributed by atoms with Crippen molar-refractivity contribution in [1.29, 1.82) is 0 Å². The smallest absolute Gasteiger partial charge is 0.240 e. The number of rotatable bonds is 5. The minimum absolute atomic E-state index is 0.138. The van der Waals surface area contributed by atoms with Gasteiger partial charge in [0, 0.05) is 24.7 Å². The van der Waals surface area contributed by atoms with Gasteiger partial charge in [-0.3, -0.25) is 4.79 Å². The van der Waals surface area contributed by atoms with Crippen LogP contribution in [0, 0.1) is 30.1 Å². The van der Waals surface area contributed by atoms with Crippen molar-refractivity contribution >= 4 is 27.5 Å². The molecule has 5 aliphatic rings. The van der Waals surface area contributed by atoms with Gasteiger partial charge >= 0.3 is 0 Å². The zero-order valence-electron chi connectivity index (χ0n) is 18.0. The molecule has 1 atom stereocenters. The number of morpholine rings is 1. The van der Waals surface area contributed by atoms with Gasteiger partial charge in [0.1, 0.15) is 0 Å². The standard InChI is InChI=1S/C23H31ClN2O4S/c1-15-20(24)3-2-4-21(15)31(28,29)25-13-19-14-26(5-6-30-19)22(27)23-10-16-7-17(11-23)9-18(8-16)12-23/h2-4,16-19,25H,5-14H2,1H3. The van der Waals surface area contributed by atoms with Crippen molar-refractivity contribution in [2.75, 3.05) is 26.2 Å². The van der Waals surface area contributed by atoms with Crippen LogP contribution in [-0.2, 0) is 19.6 Å². The predicted molar refractivity (Wildman–Crippen MR) is 118 cm³/mol. The summed E-state index contributed by atoms with van der Waals surface area (Å²) in [6.07, 6.45) is 6.71. The van der Waals surface area contributed by atoms with Gasteiger partial charge in [-0.05, 0) is 80.9 Å². The van der Waals surface area contributed by atoms with Crippen molar-refractivity contribution in [2.45, 2.75) is 56.4 Å². The second-order valence-corrected chi connectivity index (χ2v) is 12.3. The molecule has 5 fully saturated rings. The molecule has 1 amide bonds. The molecular formula is C23H31ClN2O4S. The summed E-state index contributed by atoms with van der Waals surface area (Å²) in [5.41, 5.74) is 0.355. The van der Waals surface area contributed by atoms with E-state index in [1.807, 2.05) is 4.90 Å². The lowest BCUT2D eigenvalue weighted by molar-refractivity contribution is -0.164. The van der Waals surface area contributed by atoms with E-state index in [4.69, 9.17) is 16.3 Å². The van der Waals surface area contributed by atoms with Gasteiger partial charge in [0.2, 0.25) is 15.9 Å². The number of hydrogen-bond acceptors (Lipinski definition) is 4.